The summed E-state index contributed by atoms with van der Waals surface area (Å²) in [5.41, 5.74) is 6.01. The van der Waals surface area contributed by atoms with Gasteiger partial charge in [-0.05, 0) is 36.4 Å². The summed E-state index contributed by atoms with van der Waals surface area (Å²) >= 11 is 0. The van der Waals surface area contributed by atoms with E-state index in [4.69, 9.17) is 10.5 Å². The summed E-state index contributed by atoms with van der Waals surface area (Å²) < 4.78 is 53.6. The van der Waals surface area contributed by atoms with Gasteiger partial charge in [0.05, 0.1) is 0 Å². The Morgan fingerprint density at radius 2 is 1.60 bits per heavy atom. The topological polar surface area (TPSA) is 69.4 Å². The first-order valence-electron chi connectivity index (χ1n) is 5.56. The fraction of sp³-hybridized carbons (Fsp3) is 0.0769. The molecular weight excluding hydrogens is 288 g/mol. The van der Waals surface area contributed by atoms with E-state index in [1.807, 2.05) is 0 Å². The summed E-state index contributed by atoms with van der Waals surface area (Å²) in [5, 5.41) is 0. The number of ether oxygens (including phenoxy) is 1. The molecule has 2 rings (SSSR count). The first kappa shape index (κ1) is 14.3. The summed E-state index contributed by atoms with van der Waals surface area (Å²) in [6.45, 7) is 0. The fourth-order valence-electron chi connectivity index (χ4n) is 1.53. The highest BCUT2D eigenvalue weighted by atomic mass is 32.2. The summed E-state index contributed by atoms with van der Waals surface area (Å²) in [7, 11) is -4.72. The second-order valence-electron chi connectivity index (χ2n) is 3.92. The quantitative estimate of drug-likeness (QED) is 0.881. The molecule has 0 aliphatic rings. The first-order valence-corrected chi connectivity index (χ1v) is 7.10. The number of hydrogen-bond donors (Lipinski definition) is 1. The molecule has 2 aromatic rings. The summed E-state index contributed by atoms with van der Waals surface area (Å²) in [6.07, 6.45) is 0. The molecule has 0 aliphatic heterocycles. The van der Waals surface area contributed by atoms with Gasteiger partial charge < -0.3 is 10.5 Å². The molecule has 0 atom stereocenters. The minimum atomic E-state index is -4.72. The van der Waals surface area contributed by atoms with Crippen molar-refractivity contribution in [3.05, 3.63) is 48.5 Å². The smallest absolute Gasteiger partial charge is 0.341 e. The lowest BCUT2D eigenvalue weighted by atomic mass is 10.3. The molecular formula is C13H11F2NO3S. The molecule has 0 aliphatic carbocycles. The molecule has 0 radical (unpaired) electrons. The van der Waals surface area contributed by atoms with Gasteiger partial charge in [0.2, 0.25) is 9.84 Å². The average molecular weight is 299 g/mol. The van der Waals surface area contributed by atoms with Gasteiger partial charge in [0, 0.05) is 5.69 Å². The van der Waals surface area contributed by atoms with Gasteiger partial charge in [-0.1, -0.05) is 12.1 Å². The lowest BCUT2D eigenvalue weighted by Gasteiger charge is -2.11. The van der Waals surface area contributed by atoms with Gasteiger partial charge in [-0.3, -0.25) is 0 Å². The second-order valence-corrected chi connectivity index (χ2v) is 5.81. The van der Waals surface area contributed by atoms with Gasteiger partial charge in [-0.15, -0.1) is 0 Å². The Hall–Kier alpha value is -2.15. The van der Waals surface area contributed by atoms with Crippen molar-refractivity contribution in [1.29, 1.82) is 0 Å². The molecule has 0 saturated carbocycles. The Morgan fingerprint density at radius 3 is 2.20 bits per heavy atom. The maximum atomic E-state index is 12.6. The Bertz CT molecular complexity index is 700. The Balaban J connectivity index is 2.41. The van der Waals surface area contributed by atoms with Gasteiger partial charge in [0.25, 0.3) is 0 Å². The number of benzene rings is 2. The van der Waals surface area contributed by atoms with Gasteiger partial charge in [0.1, 0.15) is 16.4 Å². The Morgan fingerprint density at radius 1 is 1.00 bits per heavy atom. The van der Waals surface area contributed by atoms with Crippen LogP contribution in [0.2, 0.25) is 0 Å². The normalized spacial score (nSPS) is 11.6. The molecule has 0 spiro atoms. The number of halogens is 2. The lowest BCUT2D eigenvalue weighted by molar-refractivity contribution is 0.234. The number of nitrogens with two attached hydrogens (primary N) is 1. The van der Waals surface area contributed by atoms with Crippen LogP contribution in [0.5, 0.6) is 11.5 Å². The van der Waals surface area contributed by atoms with Crippen molar-refractivity contribution in [1.82, 2.24) is 0 Å². The number of anilines is 1. The van der Waals surface area contributed by atoms with Gasteiger partial charge in [-0.2, -0.15) is 8.78 Å². The van der Waals surface area contributed by atoms with Crippen LogP contribution >= 0.6 is 0 Å². The van der Waals surface area contributed by atoms with Crippen LogP contribution in [-0.2, 0) is 9.84 Å². The van der Waals surface area contributed by atoms with Crippen LogP contribution < -0.4 is 10.5 Å². The van der Waals surface area contributed by atoms with E-state index in [0.29, 0.717) is 11.4 Å². The average Bonchev–Trinajstić information content (AvgIpc) is 2.41. The highest BCUT2D eigenvalue weighted by molar-refractivity contribution is 7.91. The van der Waals surface area contributed by atoms with Crippen molar-refractivity contribution in [2.45, 2.75) is 10.7 Å². The van der Waals surface area contributed by atoms with Crippen molar-refractivity contribution in [2.75, 3.05) is 5.73 Å². The molecule has 4 nitrogen and oxygen atoms in total. The second kappa shape index (κ2) is 5.46. The van der Waals surface area contributed by atoms with Crippen molar-refractivity contribution >= 4 is 15.5 Å². The number of alkyl halides is 2. The highest BCUT2D eigenvalue weighted by Gasteiger charge is 2.29. The maximum absolute atomic E-state index is 12.6. The SMILES string of the molecule is Nc1ccc(Oc2ccccc2S(=O)(=O)C(F)F)cc1. The molecule has 106 valence electrons. The van der Waals surface area contributed by atoms with E-state index in [9.17, 15) is 17.2 Å². The van der Waals surface area contributed by atoms with E-state index in [1.165, 1.54) is 30.3 Å². The van der Waals surface area contributed by atoms with E-state index in [2.05, 4.69) is 0 Å². The zero-order valence-electron chi connectivity index (χ0n) is 10.2. The zero-order chi connectivity index (χ0) is 14.8. The van der Waals surface area contributed by atoms with Gasteiger partial charge in [-0.25, -0.2) is 8.42 Å². The van der Waals surface area contributed by atoms with E-state index in [1.54, 1.807) is 12.1 Å². The predicted molar refractivity (Wildman–Crippen MR) is 70.6 cm³/mol. The molecule has 0 aromatic heterocycles. The minimum absolute atomic E-state index is 0.155. The molecule has 0 unspecified atom stereocenters. The molecule has 20 heavy (non-hydrogen) atoms. The lowest BCUT2D eigenvalue weighted by Crippen LogP contribution is -2.12. The molecule has 0 heterocycles. The minimum Gasteiger partial charge on any atom is -0.456 e. The third-order valence-electron chi connectivity index (χ3n) is 2.50. The van der Waals surface area contributed by atoms with Crippen LogP contribution in [0.4, 0.5) is 14.5 Å². The molecule has 0 bridgehead atoms. The summed E-state index contributed by atoms with van der Waals surface area (Å²) in [4.78, 5) is -0.549. The third-order valence-corrected chi connectivity index (χ3v) is 3.92. The molecule has 2 aromatic carbocycles. The molecule has 7 heteroatoms. The van der Waals surface area contributed by atoms with Crippen LogP contribution in [0.15, 0.2) is 53.4 Å². The highest BCUT2D eigenvalue weighted by Crippen LogP contribution is 2.31. The zero-order valence-corrected chi connectivity index (χ0v) is 11.0. The first-order chi connectivity index (χ1) is 9.41. The molecule has 0 saturated heterocycles. The van der Waals surface area contributed by atoms with Crippen LogP contribution in [0.25, 0.3) is 0 Å². The summed E-state index contributed by atoms with van der Waals surface area (Å²) in [6, 6.07) is 11.4. The monoisotopic (exact) mass is 299 g/mol. The van der Waals surface area contributed by atoms with Gasteiger partial charge >= 0.3 is 5.76 Å². The molecule has 0 fully saturated rings. The van der Waals surface area contributed by atoms with Crippen molar-refractivity contribution in [3.63, 3.8) is 0 Å². The number of para-hydroxylation sites is 1. The number of nitrogen functional groups attached to an aromatic ring is 1. The number of sulfone groups is 1. The summed E-state index contributed by atoms with van der Waals surface area (Å²) in [5.74, 6) is -3.35. The molecule has 2 N–H and O–H groups in total. The largest absolute Gasteiger partial charge is 0.456 e. The molecule has 0 amide bonds. The van der Waals surface area contributed by atoms with Gasteiger partial charge in [0.15, 0.2) is 0 Å². The third kappa shape index (κ3) is 2.88. The maximum Gasteiger partial charge on any atom is 0.341 e. The Labute approximate surface area is 114 Å². The Kier molecular flexibility index (Phi) is 3.89. The van der Waals surface area contributed by atoms with E-state index in [0.717, 1.165) is 6.07 Å². The van der Waals surface area contributed by atoms with Crippen LogP contribution in [0, 0.1) is 0 Å². The van der Waals surface area contributed by atoms with Crippen molar-refractivity contribution < 1.29 is 21.9 Å². The fourth-order valence-corrected chi connectivity index (χ4v) is 2.38. The van der Waals surface area contributed by atoms with Crippen LogP contribution in [0.1, 0.15) is 0 Å². The predicted octanol–water partition coefficient (Wildman–Crippen LogP) is 3.06. The number of hydrogen-bond acceptors (Lipinski definition) is 4. The number of rotatable bonds is 4. The van der Waals surface area contributed by atoms with Crippen molar-refractivity contribution in [3.8, 4) is 11.5 Å². The van der Waals surface area contributed by atoms with E-state index < -0.39 is 20.5 Å². The van der Waals surface area contributed by atoms with Crippen LogP contribution in [-0.4, -0.2) is 14.2 Å². The van der Waals surface area contributed by atoms with E-state index >= 15 is 0 Å². The van der Waals surface area contributed by atoms with Crippen LogP contribution in [0.3, 0.4) is 0 Å². The standard InChI is InChI=1S/C13H11F2NO3S/c14-13(15)20(17,18)12-4-2-1-3-11(12)19-10-7-5-9(16)6-8-10/h1-8,13H,16H2. The van der Waals surface area contributed by atoms with Crippen molar-refractivity contribution in [2.24, 2.45) is 0 Å². The van der Waals surface area contributed by atoms with E-state index in [-0.39, 0.29) is 5.75 Å².